The summed E-state index contributed by atoms with van der Waals surface area (Å²) in [6.45, 7) is 2.93. The fourth-order valence-electron chi connectivity index (χ4n) is 7.32. The van der Waals surface area contributed by atoms with Crippen molar-refractivity contribution in [3.63, 3.8) is 0 Å². The molecule has 0 saturated carbocycles. The Morgan fingerprint density at radius 3 is 2.82 bits per heavy atom. The fourth-order valence-corrected chi connectivity index (χ4v) is 7.63. The van der Waals surface area contributed by atoms with Gasteiger partial charge in [-0.1, -0.05) is 11.6 Å². The maximum absolute atomic E-state index is 16.7. The first-order valence-electron chi connectivity index (χ1n) is 14.4. The van der Waals surface area contributed by atoms with Gasteiger partial charge in [-0.25, -0.2) is 13.8 Å². The van der Waals surface area contributed by atoms with E-state index >= 15 is 4.39 Å². The predicted molar refractivity (Wildman–Crippen MR) is 152 cm³/mol. The molecular formula is C29H30ClF5N6O3. The van der Waals surface area contributed by atoms with E-state index in [9.17, 15) is 17.6 Å². The first-order chi connectivity index (χ1) is 20.9. The first-order valence-corrected chi connectivity index (χ1v) is 14.8. The average molecular weight is 641 g/mol. The number of likely N-dealkylation sites (N-methyl/N-ethyl adjacent to an activating group) is 1. The van der Waals surface area contributed by atoms with Crippen LogP contribution in [-0.2, 0) is 10.9 Å². The number of alkyl halides is 4. The molecule has 4 aliphatic rings. The van der Waals surface area contributed by atoms with Crippen molar-refractivity contribution in [1.29, 1.82) is 0 Å². The maximum Gasteiger partial charge on any atom is 0.418 e. The Bertz CT molecular complexity index is 1660. The molecule has 4 aliphatic heterocycles. The summed E-state index contributed by atoms with van der Waals surface area (Å²) in [7, 11) is 1.76. The van der Waals surface area contributed by atoms with Crippen molar-refractivity contribution in [3.8, 4) is 23.0 Å². The lowest BCUT2D eigenvalue weighted by Crippen LogP contribution is -2.49. The van der Waals surface area contributed by atoms with Gasteiger partial charge in [0.05, 0.1) is 45.4 Å². The summed E-state index contributed by atoms with van der Waals surface area (Å²) < 4.78 is 92.3. The van der Waals surface area contributed by atoms with E-state index in [1.165, 1.54) is 6.92 Å². The van der Waals surface area contributed by atoms with E-state index in [1.807, 2.05) is 4.90 Å². The lowest BCUT2D eigenvalue weighted by Gasteiger charge is -2.36. The third-order valence-corrected chi connectivity index (χ3v) is 9.66. The summed E-state index contributed by atoms with van der Waals surface area (Å²) in [5, 5.41) is -0.336. The van der Waals surface area contributed by atoms with Gasteiger partial charge in [-0.2, -0.15) is 23.1 Å². The van der Waals surface area contributed by atoms with Gasteiger partial charge in [0, 0.05) is 26.6 Å². The molecule has 2 aromatic heterocycles. The molecule has 0 amide bonds. The molecule has 44 heavy (non-hydrogen) atoms. The molecule has 3 saturated heterocycles. The predicted octanol–water partition coefficient (Wildman–Crippen LogP) is 5.34. The van der Waals surface area contributed by atoms with E-state index < -0.39 is 51.7 Å². The van der Waals surface area contributed by atoms with Crippen LogP contribution in [0.25, 0.3) is 22.2 Å². The summed E-state index contributed by atoms with van der Waals surface area (Å²) in [6.07, 6.45) is -4.05. The molecule has 0 spiro atoms. The lowest BCUT2D eigenvalue weighted by atomic mass is 9.95. The second-order valence-electron chi connectivity index (χ2n) is 12.0. The number of pyridine rings is 1. The number of halogens is 6. The number of nitrogen functional groups attached to an aromatic ring is 1. The SMILES string of the molecule is Cc1cc(N)nc(-c2c(Cl)c3c4c(nc(OC[C@@]56CCCN5C[C@H](F)C6)nc4c2F)N(C)C2CCOCC2O3)c1C(F)(F)F. The third kappa shape index (κ3) is 4.59. The molecule has 9 nitrogen and oxygen atoms in total. The quantitative estimate of drug-likeness (QED) is 0.379. The molecule has 0 radical (unpaired) electrons. The van der Waals surface area contributed by atoms with Gasteiger partial charge in [-0.15, -0.1) is 0 Å². The van der Waals surface area contributed by atoms with Gasteiger partial charge >= 0.3 is 12.2 Å². The summed E-state index contributed by atoms with van der Waals surface area (Å²) in [5.74, 6) is -1.25. The normalized spacial score (nSPS) is 26.8. The van der Waals surface area contributed by atoms with Crippen molar-refractivity contribution < 1.29 is 36.2 Å². The van der Waals surface area contributed by atoms with Crippen LogP contribution in [0.4, 0.5) is 33.6 Å². The third-order valence-electron chi connectivity index (χ3n) is 9.30. The number of nitrogens with two attached hydrogens (primary N) is 1. The minimum atomic E-state index is -4.91. The summed E-state index contributed by atoms with van der Waals surface area (Å²) in [6, 6.07) is 0.584. The van der Waals surface area contributed by atoms with Crippen LogP contribution in [0.1, 0.15) is 36.8 Å². The highest BCUT2D eigenvalue weighted by atomic mass is 35.5. The van der Waals surface area contributed by atoms with Gasteiger partial charge in [0.25, 0.3) is 0 Å². The molecule has 0 aliphatic carbocycles. The molecule has 7 rings (SSSR count). The molecule has 3 aromatic rings. The van der Waals surface area contributed by atoms with Crippen molar-refractivity contribution in [2.45, 2.75) is 62.6 Å². The van der Waals surface area contributed by atoms with Gasteiger partial charge in [-0.3, -0.25) is 4.90 Å². The zero-order valence-electron chi connectivity index (χ0n) is 24.0. The number of benzene rings is 1. The van der Waals surface area contributed by atoms with Crippen molar-refractivity contribution in [3.05, 3.63) is 28.0 Å². The molecular weight excluding hydrogens is 611 g/mol. The van der Waals surface area contributed by atoms with Crippen LogP contribution >= 0.6 is 11.6 Å². The zero-order valence-corrected chi connectivity index (χ0v) is 24.7. The van der Waals surface area contributed by atoms with Crippen molar-refractivity contribution in [2.75, 3.05) is 50.6 Å². The van der Waals surface area contributed by atoms with Crippen LogP contribution in [0.15, 0.2) is 6.07 Å². The van der Waals surface area contributed by atoms with Crippen molar-refractivity contribution >= 4 is 34.1 Å². The van der Waals surface area contributed by atoms with Crippen LogP contribution in [-0.4, -0.2) is 83.7 Å². The Kier molecular flexibility index (Phi) is 6.98. The average Bonchev–Trinajstić information content (AvgIpc) is 3.44. The largest absolute Gasteiger partial charge is 0.483 e. The number of aromatic nitrogens is 3. The van der Waals surface area contributed by atoms with Gasteiger partial charge in [-0.05, 0) is 44.4 Å². The highest BCUT2D eigenvalue weighted by Gasteiger charge is 2.50. The lowest BCUT2D eigenvalue weighted by molar-refractivity contribution is -0.137. The zero-order chi connectivity index (χ0) is 31.1. The number of anilines is 2. The second-order valence-corrected chi connectivity index (χ2v) is 12.4. The van der Waals surface area contributed by atoms with Gasteiger partial charge in [0.15, 0.2) is 11.6 Å². The molecule has 15 heteroatoms. The minimum absolute atomic E-state index is 0.0710. The molecule has 2 N–H and O–H groups in total. The minimum Gasteiger partial charge on any atom is -0.483 e. The Morgan fingerprint density at radius 1 is 1.25 bits per heavy atom. The van der Waals surface area contributed by atoms with Crippen LogP contribution in [0.2, 0.25) is 5.02 Å². The molecule has 6 heterocycles. The summed E-state index contributed by atoms with van der Waals surface area (Å²) in [5.41, 5.74) is 2.11. The highest BCUT2D eigenvalue weighted by Crippen LogP contribution is 2.51. The number of hydrogen-bond donors (Lipinski definition) is 1. The van der Waals surface area contributed by atoms with Crippen molar-refractivity contribution in [1.82, 2.24) is 19.9 Å². The van der Waals surface area contributed by atoms with Gasteiger partial charge in [0.1, 0.15) is 36.0 Å². The Labute approximate surface area is 254 Å². The molecule has 2 unspecified atom stereocenters. The van der Waals surface area contributed by atoms with E-state index in [4.69, 9.17) is 31.5 Å². The number of hydrogen-bond acceptors (Lipinski definition) is 9. The second kappa shape index (κ2) is 10.4. The number of ether oxygens (including phenoxy) is 3. The van der Waals surface area contributed by atoms with Crippen molar-refractivity contribution in [2.24, 2.45) is 0 Å². The molecule has 236 valence electrons. The number of aryl methyl sites for hydroxylation is 1. The molecule has 1 aromatic carbocycles. The van der Waals surface area contributed by atoms with Crippen LogP contribution in [0.3, 0.4) is 0 Å². The van der Waals surface area contributed by atoms with Crippen LogP contribution in [0, 0.1) is 12.7 Å². The number of nitrogens with zero attached hydrogens (tertiary/aromatic N) is 5. The Hall–Kier alpha value is -3.23. The van der Waals surface area contributed by atoms with E-state index in [0.717, 1.165) is 25.5 Å². The highest BCUT2D eigenvalue weighted by molar-refractivity contribution is 6.36. The number of fused-ring (bicyclic) bond motifs is 2. The number of rotatable bonds is 4. The molecule has 4 atom stereocenters. The summed E-state index contributed by atoms with van der Waals surface area (Å²) >= 11 is 6.77. The fraction of sp³-hybridized carbons (Fsp3) is 0.552. The van der Waals surface area contributed by atoms with Gasteiger partial charge < -0.3 is 24.8 Å². The molecule has 0 bridgehead atoms. The Morgan fingerprint density at radius 2 is 2.05 bits per heavy atom. The maximum atomic E-state index is 16.7. The standard InChI is InChI=1S/C29H30ClF5N6O3/c1-13-8-17(36)37-23(20(13)29(33,34)35)18-21(30)25-19-24(22(18)32)38-27(43-12-28-5-3-6-41(28)10-14(31)9-28)39-26(19)40(2)15-4-7-42-11-16(15)44-25/h8,14-16H,3-7,9-12H2,1-2H3,(H2,36,37)/t14-,15?,16?,28+/m1/s1. The monoisotopic (exact) mass is 640 g/mol. The van der Waals surface area contributed by atoms with E-state index in [1.54, 1.807) is 7.05 Å². The molecule has 3 fully saturated rings. The smallest absolute Gasteiger partial charge is 0.418 e. The Balaban J connectivity index is 1.45. The van der Waals surface area contributed by atoms with E-state index in [-0.39, 0.29) is 59.1 Å². The van der Waals surface area contributed by atoms with Crippen LogP contribution in [0.5, 0.6) is 11.8 Å². The van der Waals surface area contributed by atoms with Crippen LogP contribution < -0.4 is 20.1 Å². The topological polar surface area (TPSA) is 98.9 Å². The van der Waals surface area contributed by atoms with E-state index in [0.29, 0.717) is 26.0 Å². The first kappa shape index (κ1) is 29.5. The van der Waals surface area contributed by atoms with E-state index in [2.05, 4.69) is 19.9 Å². The van der Waals surface area contributed by atoms with Gasteiger partial charge in [0.2, 0.25) is 0 Å². The summed E-state index contributed by atoms with van der Waals surface area (Å²) in [4.78, 5) is 16.8.